The highest BCUT2D eigenvalue weighted by molar-refractivity contribution is 7.14. The molecule has 2 heterocycles. The van der Waals surface area contributed by atoms with E-state index in [1.54, 1.807) is 0 Å². The summed E-state index contributed by atoms with van der Waals surface area (Å²) in [6, 6.07) is 0. The summed E-state index contributed by atoms with van der Waals surface area (Å²) < 4.78 is 0. The van der Waals surface area contributed by atoms with Gasteiger partial charge in [0, 0.05) is 11.3 Å². The standard InChI is InChI=1S/C11H10N4O3S/c16-9(7-8(10(17)18)13-4-12-7)15-11-14-6(3-19-11)5-1-2-5/h3-5H,1-2H2,(H,12,13)(H,17,18)(H,14,15,16). The third kappa shape index (κ3) is 2.34. The first-order chi connectivity index (χ1) is 9.15. The lowest BCUT2D eigenvalue weighted by Crippen LogP contribution is -2.16. The van der Waals surface area contributed by atoms with E-state index >= 15 is 0 Å². The van der Waals surface area contributed by atoms with Crippen LogP contribution < -0.4 is 5.32 Å². The van der Waals surface area contributed by atoms with Crippen LogP contribution in [0.2, 0.25) is 0 Å². The minimum Gasteiger partial charge on any atom is -0.477 e. The van der Waals surface area contributed by atoms with Crippen LogP contribution in [0.15, 0.2) is 11.7 Å². The third-order valence-corrected chi connectivity index (χ3v) is 3.58. The number of carbonyl (C=O) groups excluding carboxylic acids is 1. The minimum absolute atomic E-state index is 0.143. The fourth-order valence-corrected chi connectivity index (χ4v) is 2.48. The minimum atomic E-state index is -1.22. The van der Waals surface area contributed by atoms with Gasteiger partial charge in [0.1, 0.15) is 0 Å². The van der Waals surface area contributed by atoms with Crippen molar-refractivity contribution in [2.75, 3.05) is 5.32 Å². The maximum Gasteiger partial charge on any atom is 0.354 e. The van der Waals surface area contributed by atoms with E-state index < -0.39 is 11.9 Å². The number of H-pyrrole nitrogens is 1. The average molecular weight is 278 g/mol. The zero-order valence-electron chi connectivity index (χ0n) is 9.71. The van der Waals surface area contributed by atoms with Crippen LogP contribution in [0.5, 0.6) is 0 Å². The van der Waals surface area contributed by atoms with Gasteiger partial charge in [0.15, 0.2) is 16.5 Å². The van der Waals surface area contributed by atoms with Gasteiger partial charge in [-0.25, -0.2) is 14.8 Å². The number of carbonyl (C=O) groups is 2. The summed E-state index contributed by atoms with van der Waals surface area (Å²) in [5.41, 5.74) is 0.618. The highest BCUT2D eigenvalue weighted by Crippen LogP contribution is 2.40. The largest absolute Gasteiger partial charge is 0.477 e. The summed E-state index contributed by atoms with van der Waals surface area (Å²) in [6.07, 6.45) is 3.45. The maximum atomic E-state index is 11.9. The predicted molar refractivity (Wildman–Crippen MR) is 67.6 cm³/mol. The highest BCUT2D eigenvalue weighted by Gasteiger charge is 2.27. The van der Waals surface area contributed by atoms with Crippen LogP contribution >= 0.6 is 11.3 Å². The van der Waals surface area contributed by atoms with Gasteiger partial charge in [0.25, 0.3) is 5.91 Å². The van der Waals surface area contributed by atoms with E-state index in [-0.39, 0.29) is 11.4 Å². The molecule has 8 heteroatoms. The van der Waals surface area contributed by atoms with Crippen LogP contribution in [0.4, 0.5) is 5.13 Å². The number of nitrogens with one attached hydrogen (secondary N) is 2. The zero-order chi connectivity index (χ0) is 13.4. The van der Waals surface area contributed by atoms with Crippen molar-refractivity contribution in [1.82, 2.24) is 15.0 Å². The van der Waals surface area contributed by atoms with Crippen molar-refractivity contribution in [2.45, 2.75) is 18.8 Å². The molecule has 1 fully saturated rings. The van der Waals surface area contributed by atoms with E-state index in [1.807, 2.05) is 5.38 Å². The Balaban J connectivity index is 1.76. The SMILES string of the molecule is O=C(Nc1nc(C2CC2)cs1)c1nc[nH]c1C(=O)O. The number of rotatable bonds is 4. The Morgan fingerprint density at radius 3 is 2.95 bits per heavy atom. The van der Waals surface area contributed by atoms with Gasteiger partial charge >= 0.3 is 5.97 Å². The number of hydrogen-bond donors (Lipinski definition) is 3. The molecule has 3 N–H and O–H groups in total. The monoisotopic (exact) mass is 278 g/mol. The van der Waals surface area contributed by atoms with Gasteiger partial charge in [0.2, 0.25) is 0 Å². The second-order valence-electron chi connectivity index (χ2n) is 4.24. The van der Waals surface area contributed by atoms with E-state index in [0.717, 1.165) is 18.5 Å². The predicted octanol–water partition coefficient (Wildman–Crippen LogP) is 1.69. The number of amides is 1. The molecular weight excluding hydrogens is 268 g/mol. The fourth-order valence-electron chi connectivity index (χ4n) is 1.70. The van der Waals surface area contributed by atoms with Crippen molar-refractivity contribution in [1.29, 1.82) is 0 Å². The lowest BCUT2D eigenvalue weighted by Gasteiger charge is -1.99. The Morgan fingerprint density at radius 1 is 1.47 bits per heavy atom. The lowest BCUT2D eigenvalue weighted by atomic mass is 10.3. The van der Waals surface area contributed by atoms with Gasteiger partial charge in [-0.2, -0.15) is 0 Å². The summed E-state index contributed by atoms with van der Waals surface area (Å²) in [5, 5.41) is 13.8. The number of carboxylic acids is 1. The molecule has 19 heavy (non-hydrogen) atoms. The summed E-state index contributed by atoms with van der Waals surface area (Å²) in [6.45, 7) is 0. The van der Waals surface area contributed by atoms with Crippen LogP contribution in [-0.2, 0) is 0 Å². The Bertz CT molecular complexity index is 644. The number of imidazole rings is 1. The van der Waals surface area contributed by atoms with Crippen molar-refractivity contribution >= 4 is 28.3 Å². The van der Waals surface area contributed by atoms with E-state index in [2.05, 4.69) is 20.3 Å². The third-order valence-electron chi connectivity index (χ3n) is 2.81. The molecule has 0 saturated heterocycles. The van der Waals surface area contributed by atoms with Crippen LogP contribution in [0.1, 0.15) is 45.4 Å². The summed E-state index contributed by atoms with van der Waals surface area (Å²) in [7, 11) is 0. The molecule has 2 aromatic rings. The molecular formula is C11H10N4O3S. The Morgan fingerprint density at radius 2 is 2.26 bits per heavy atom. The first-order valence-corrected chi connectivity index (χ1v) is 6.56. The molecule has 1 saturated carbocycles. The van der Waals surface area contributed by atoms with Crippen LogP contribution in [0.25, 0.3) is 0 Å². The van der Waals surface area contributed by atoms with Gasteiger partial charge in [-0.05, 0) is 12.8 Å². The quantitative estimate of drug-likeness (QED) is 0.788. The maximum absolute atomic E-state index is 11.9. The van der Waals surface area contributed by atoms with Crippen LogP contribution in [0, 0.1) is 0 Å². The van der Waals surface area contributed by atoms with E-state index in [4.69, 9.17) is 5.11 Å². The number of anilines is 1. The van der Waals surface area contributed by atoms with Crippen molar-refractivity contribution in [3.8, 4) is 0 Å². The number of carboxylic acid groups (broad SMARTS) is 1. The molecule has 1 aliphatic rings. The Hall–Kier alpha value is -2.22. The molecule has 2 aromatic heterocycles. The summed E-state index contributed by atoms with van der Waals surface area (Å²) >= 11 is 1.33. The number of aromatic amines is 1. The van der Waals surface area contributed by atoms with Gasteiger partial charge < -0.3 is 10.1 Å². The molecule has 0 aliphatic heterocycles. The van der Waals surface area contributed by atoms with Crippen molar-refractivity contribution in [2.24, 2.45) is 0 Å². The summed E-state index contributed by atoms with van der Waals surface area (Å²) in [5.74, 6) is -1.28. The number of aromatic carboxylic acids is 1. The first kappa shape index (κ1) is 11.8. The molecule has 98 valence electrons. The van der Waals surface area contributed by atoms with E-state index in [0.29, 0.717) is 11.0 Å². The second-order valence-corrected chi connectivity index (χ2v) is 5.10. The van der Waals surface area contributed by atoms with Crippen LogP contribution in [0.3, 0.4) is 0 Å². The topological polar surface area (TPSA) is 108 Å². The molecule has 0 atom stereocenters. The molecule has 0 aromatic carbocycles. The average Bonchev–Trinajstić information content (AvgIpc) is 2.92. The number of hydrogen-bond acceptors (Lipinski definition) is 5. The number of aromatic nitrogens is 3. The van der Waals surface area contributed by atoms with Gasteiger partial charge in [-0.15, -0.1) is 11.3 Å². The molecule has 0 radical (unpaired) electrons. The number of thiazole rings is 1. The molecule has 1 aliphatic carbocycles. The molecule has 7 nitrogen and oxygen atoms in total. The first-order valence-electron chi connectivity index (χ1n) is 5.68. The van der Waals surface area contributed by atoms with Crippen molar-refractivity contribution in [3.63, 3.8) is 0 Å². The Labute approximate surface area is 111 Å². The normalized spacial score (nSPS) is 14.3. The van der Waals surface area contributed by atoms with E-state index in [9.17, 15) is 9.59 Å². The highest BCUT2D eigenvalue weighted by atomic mass is 32.1. The molecule has 3 rings (SSSR count). The molecule has 1 amide bonds. The van der Waals surface area contributed by atoms with Crippen molar-refractivity contribution < 1.29 is 14.7 Å². The molecule has 0 bridgehead atoms. The lowest BCUT2D eigenvalue weighted by molar-refractivity contribution is 0.0686. The van der Waals surface area contributed by atoms with Gasteiger partial charge in [-0.1, -0.05) is 0 Å². The Kier molecular flexibility index (Phi) is 2.79. The van der Waals surface area contributed by atoms with Gasteiger partial charge in [0.05, 0.1) is 12.0 Å². The molecule has 0 unspecified atom stereocenters. The second kappa shape index (κ2) is 4.47. The molecule has 0 spiro atoms. The van der Waals surface area contributed by atoms with Gasteiger partial charge in [-0.3, -0.25) is 10.1 Å². The zero-order valence-corrected chi connectivity index (χ0v) is 10.5. The summed E-state index contributed by atoms with van der Waals surface area (Å²) in [4.78, 5) is 33.2. The fraction of sp³-hybridized carbons (Fsp3) is 0.273. The van der Waals surface area contributed by atoms with E-state index in [1.165, 1.54) is 17.7 Å². The van der Waals surface area contributed by atoms with Crippen molar-refractivity contribution in [3.05, 3.63) is 28.8 Å². The van der Waals surface area contributed by atoms with Crippen LogP contribution in [-0.4, -0.2) is 31.9 Å². The number of nitrogens with zero attached hydrogens (tertiary/aromatic N) is 2. The smallest absolute Gasteiger partial charge is 0.354 e.